The Balaban J connectivity index is 2.81. The number of nitrogens with zero attached hydrogens (tertiary/aromatic N) is 3. The molecule has 17 heavy (non-hydrogen) atoms. The summed E-state index contributed by atoms with van der Waals surface area (Å²) in [6.07, 6.45) is 2.89. The van der Waals surface area contributed by atoms with E-state index in [0.717, 1.165) is 0 Å². The van der Waals surface area contributed by atoms with Gasteiger partial charge >= 0.3 is 0 Å². The van der Waals surface area contributed by atoms with Gasteiger partial charge in [0.1, 0.15) is 5.69 Å². The third-order valence-corrected chi connectivity index (χ3v) is 2.06. The van der Waals surface area contributed by atoms with Crippen LogP contribution >= 0.6 is 0 Å². The van der Waals surface area contributed by atoms with Crippen LogP contribution in [-0.2, 0) is 0 Å². The van der Waals surface area contributed by atoms with E-state index in [-0.39, 0.29) is 17.0 Å². The number of nitrogen functional groups attached to an aromatic ring is 1. The van der Waals surface area contributed by atoms with Crippen LogP contribution in [-0.4, -0.2) is 34.4 Å². The Morgan fingerprint density at radius 3 is 2.65 bits per heavy atom. The molecule has 0 aliphatic carbocycles. The molecule has 0 atom stereocenters. The maximum absolute atomic E-state index is 12.0. The van der Waals surface area contributed by atoms with Crippen LogP contribution in [0.3, 0.4) is 0 Å². The molecule has 0 saturated carbocycles. The fourth-order valence-corrected chi connectivity index (χ4v) is 1.52. The van der Waals surface area contributed by atoms with Crippen LogP contribution in [0, 0.1) is 5.41 Å². The predicted molar refractivity (Wildman–Crippen MR) is 66.3 cm³/mol. The van der Waals surface area contributed by atoms with E-state index in [0.29, 0.717) is 12.4 Å². The molecular weight excluding hydrogens is 218 g/mol. The van der Waals surface area contributed by atoms with Gasteiger partial charge in [0.15, 0.2) is 5.82 Å². The normalized spacial score (nSPS) is 11.1. The van der Waals surface area contributed by atoms with Gasteiger partial charge in [-0.05, 0) is 5.41 Å². The third kappa shape index (κ3) is 3.99. The van der Waals surface area contributed by atoms with Crippen molar-refractivity contribution in [2.24, 2.45) is 11.3 Å². The number of carbonyl (C=O) groups excluding carboxylic acids is 1. The van der Waals surface area contributed by atoms with E-state index < -0.39 is 0 Å². The highest BCUT2D eigenvalue weighted by molar-refractivity contribution is 5.92. The van der Waals surface area contributed by atoms with Gasteiger partial charge in [0.2, 0.25) is 0 Å². The highest BCUT2D eigenvalue weighted by atomic mass is 16.2. The Morgan fingerprint density at radius 1 is 1.47 bits per heavy atom. The van der Waals surface area contributed by atoms with Gasteiger partial charge in [-0.2, -0.15) is 0 Å². The van der Waals surface area contributed by atoms with E-state index >= 15 is 0 Å². The Labute approximate surface area is 101 Å². The van der Waals surface area contributed by atoms with Crippen molar-refractivity contribution in [2.45, 2.75) is 20.8 Å². The van der Waals surface area contributed by atoms with Crippen molar-refractivity contribution < 1.29 is 4.79 Å². The van der Waals surface area contributed by atoms with E-state index in [1.165, 1.54) is 12.4 Å². The number of hydrogen-bond acceptors (Lipinski definition) is 5. The Hall–Kier alpha value is -1.69. The van der Waals surface area contributed by atoms with E-state index in [4.69, 9.17) is 5.84 Å². The zero-order valence-electron chi connectivity index (χ0n) is 10.7. The first-order valence-corrected chi connectivity index (χ1v) is 5.37. The fourth-order valence-electron chi connectivity index (χ4n) is 1.52. The lowest BCUT2D eigenvalue weighted by Gasteiger charge is -2.26. The van der Waals surface area contributed by atoms with Crippen molar-refractivity contribution in [3.63, 3.8) is 0 Å². The number of hydrogen-bond donors (Lipinski definition) is 2. The number of carbonyl (C=O) groups is 1. The molecule has 0 saturated heterocycles. The lowest BCUT2D eigenvalue weighted by Crippen LogP contribution is -2.35. The van der Waals surface area contributed by atoms with Crippen molar-refractivity contribution >= 4 is 11.7 Å². The van der Waals surface area contributed by atoms with E-state index in [2.05, 4.69) is 36.2 Å². The van der Waals surface area contributed by atoms with Gasteiger partial charge in [-0.15, -0.1) is 0 Å². The topological polar surface area (TPSA) is 84.1 Å². The predicted octanol–water partition coefficient (Wildman–Crippen LogP) is 0.880. The van der Waals surface area contributed by atoms with Crippen LogP contribution in [0.15, 0.2) is 12.4 Å². The van der Waals surface area contributed by atoms with Gasteiger partial charge in [0.05, 0.1) is 12.4 Å². The first kappa shape index (κ1) is 13.4. The molecule has 1 aromatic rings. The van der Waals surface area contributed by atoms with Crippen LogP contribution in [0.25, 0.3) is 0 Å². The second kappa shape index (κ2) is 5.09. The monoisotopic (exact) mass is 237 g/mol. The molecule has 0 bridgehead atoms. The number of aromatic nitrogens is 2. The summed E-state index contributed by atoms with van der Waals surface area (Å²) < 4.78 is 0. The minimum atomic E-state index is -0.162. The average Bonchev–Trinajstić information content (AvgIpc) is 2.26. The van der Waals surface area contributed by atoms with Crippen LogP contribution in [0.5, 0.6) is 0 Å². The number of anilines is 1. The minimum absolute atomic E-state index is 0.0432. The largest absolute Gasteiger partial charge is 0.340 e. The van der Waals surface area contributed by atoms with Gasteiger partial charge in [-0.1, -0.05) is 20.8 Å². The molecule has 1 heterocycles. The molecule has 0 fully saturated rings. The summed E-state index contributed by atoms with van der Waals surface area (Å²) in [6, 6.07) is 0. The Bertz CT molecular complexity index is 399. The van der Waals surface area contributed by atoms with Crippen molar-refractivity contribution in [3.8, 4) is 0 Å². The number of amides is 1. The van der Waals surface area contributed by atoms with Gasteiger partial charge in [0, 0.05) is 13.6 Å². The number of nitrogens with two attached hydrogens (primary N) is 1. The summed E-state index contributed by atoms with van der Waals surface area (Å²) in [5.41, 5.74) is 2.69. The summed E-state index contributed by atoms with van der Waals surface area (Å²) in [4.78, 5) is 21.6. The zero-order valence-corrected chi connectivity index (χ0v) is 10.7. The Morgan fingerprint density at radius 2 is 2.12 bits per heavy atom. The minimum Gasteiger partial charge on any atom is -0.340 e. The smallest absolute Gasteiger partial charge is 0.273 e. The summed E-state index contributed by atoms with van der Waals surface area (Å²) >= 11 is 0. The molecule has 0 aliphatic rings. The standard InChI is InChI=1S/C11H19N5O/c1-11(2,3)7-16(4)10(17)8-5-13-6-9(14-8)15-12/h5-6H,7,12H2,1-4H3,(H,14,15). The average molecular weight is 237 g/mol. The number of rotatable bonds is 3. The molecule has 6 nitrogen and oxygen atoms in total. The van der Waals surface area contributed by atoms with Crippen LogP contribution in [0.2, 0.25) is 0 Å². The molecule has 6 heteroatoms. The van der Waals surface area contributed by atoms with Crippen molar-refractivity contribution in [3.05, 3.63) is 18.1 Å². The van der Waals surface area contributed by atoms with Crippen LogP contribution < -0.4 is 11.3 Å². The molecule has 0 unspecified atom stereocenters. The molecule has 0 spiro atoms. The molecule has 1 rings (SSSR count). The highest BCUT2D eigenvalue weighted by Gasteiger charge is 2.20. The van der Waals surface area contributed by atoms with Crippen LogP contribution in [0.4, 0.5) is 5.82 Å². The second-order valence-electron chi connectivity index (χ2n) is 5.16. The van der Waals surface area contributed by atoms with Gasteiger partial charge < -0.3 is 10.3 Å². The van der Waals surface area contributed by atoms with Crippen molar-refractivity contribution in [1.82, 2.24) is 14.9 Å². The lowest BCUT2D eigenvalue weighted by atomic mass is 9.96. The molecular formula is C11H19N5O. The number of nitrogens with one attached hydrogen (secondary N) is 1. The maximum Gasteiger partial charge on any atom is 0.273 e. The molecule has 1 aromatic heterocycles. The third-order valence-electron chi connectivity index (χ3n) is 2.06. The summed E-state index contributed by atoms with van der Waals surface area (Å²) in [5, 5.41) is 0. The van der Waals surface area contributed by atoms with E-state index in [1.54, 1.807) is 11.9 Å². The highest BCUT2D eigenvalue weighted by Crippen LogP contribution is 2.15. The SMILES string of the molecule is CN(CC(C)(C)C)C(=O)c1cncc(NN)n1. The first-order valence-electron chi connectivity index (χ1n) is 5.37. The molecule has 0 aromatic carbocycles. The quantitative estimate of drug-likeness (QED) is 0.602. The molecule has 1 amide bonds. The summed E-state index contributed by atoms with van der Waals surface area (Å²) in [6.45, 7) is 6.86. The maximum atomic E-state index is 12.0. The molecule has 0 aliphatic heterocycles. The lowest BCUT2D eigenvalue weighted by molar-refractivity contribution is 0.0739. The zero-order chi connectivity index (χ0) is 13.1. The van der Waals surface area contributed by atoms with Gasteiger partial charge in [0.25, 0.3) is 5.91 Å². The molecule has 94 valence electrons. The van der Waals surface area contributed by atoms with Crippen molar-refractivity contribution in [1.29, 1.82) is 0 Å². The van der Waals surface area contributed by atoms with E-state index in [9.17, 15) is 4.79 Å². The molecule has 3 N–H and O–H groups in total. The summed E-state index contributed by atoms with van der Waals surface area (Å²) in [7, 11) is 1.75. The van der Waals surface area contributed by atoms with Gasteiger partial charge in [-0.3, -0.25) is 9.78 Å². The van der Waals surface area contributed by atoms with Crippen LogP contribution in [0.1, 0.15) is 31.3 Å². The Kier molecular flexibility index (Phi) is 4.01. The van der Waals surface area contributed by atoms with Crippen molar-refractivity contribution in [2.75, 3.05) is 19.0 Å². The second-order valence-corrected chi connectivity index (χ2v) is 5.16. The summed E-state index contributed by atoms with van der Waals surface area (Å²) in [5.74, 6) is 5.43. The first-order chi connectivity index (χ1) is 7.83. The van der Waals surface area contributed by atoms with E-state index in [1.807, 2.05) is 0 Å². The molecule has 0 radical (unpaired) electrons. The fraction of sp³-hybridized carbons (Fsp3) is 0.545. The van der Waals surface area contributed by atoms with Gasteiger partial charge in [-0.25, -0.2) is 10.8 Å². The number of hydrazine groups is 1.